The van der Waals surface area contributed by atoms with E-state index in [0.29, 0.717) is 5.75 Å². The summed E-state index contributed by atoms with van der Waals surface area (Å²) in [7, 11) is 0. The third-order valence-electron chi connectivity index (χ3n) is 1.71. The van der Waals surface area contributed by atoms with Gasteiger partial charge in [0.2, 0.25) is 0 Å². The molecule has 3 nitrogen and oxygen atoms in total. The first kappa shape index (κ1) is 11.5. The fourth-order valence-corrected chi connectivity index (χ4v) is 1.04. The second-order valence-corrected chi connectivity index (χ2v) is 2.57. The molecule has 1 aromatic rings. The van der Waals surface area contributed by atoms with Crippen LogP contribution in [0.4, 0.5) is 0 Å². The molecule has 2 N–H and O–H groups in total. The molecule has 0 spiro atoms. The minimum Gasteiger partial charge on any atom is -0.508 e. The summed E-state index contributed by atoms with van der Waals surface area (Å²) in [6, 6.07) is 5.47. The number of rotatable bonds is 1. The van der Waals surface area contributed by atoms with Crippen molar-refractivity contribution in [3.05, 3.63) is 29.3 Å². The zero-order valence-electron chi connectivity index (χ0n) is 7.82. The Balaban J connectivity index is 0.000000424. The van der Waals surface area contributed by atoms with Crippen LogP contribution in [0, 0.1) is 6.92 Å². The summed E-state index contributed by atoms with van der Waals surface area (Å²) in [6.45, 7) is 3.89. The SMILES string of the molecule is CCc1cc(O)ccc1C.O=CO. The van der Waals surface area contributed by atoms with Gasteiger partial charge in [0.05, 0.1) is 0 Å². The van der Waals surface area contributed by atoms with Gasteiger partial charge in [-0.25, -0.2) is 0 Å². The molecule has 0 aliphatic carbocycles. The molecule has 1 aromatic carbocycles. The zero-order valence-corrected chi connectivity index (χ0v) is 7.82. The maximum atomic E-state index is 9.07. The average Bonchev–Trinajstić information content (AvgIpc) is 2.10. The number of carboxylic acid groups (broad SMARTS) is 1. The van der Waals surface area contributed by atoms with Gasteiger partial charge in [0.25, 0.3) is 6.47 Å². The van der Waals surface area contributed by atoms with Crippen LogP contribution in [0.3, 0.4) is 0 Å². The molecule has 72 valence electrons. The largest absolute Gasteiger partial charge is 0.508 e. The van der Waals surface area contributed by atoms with Crippen molar-refractivity contribution in [2.24, 2.45) is 0 Å². The van der Waals surface area contributed by atoms with Gasteiger partial charge in [-0.3, -0.25) is 4.79 Å². The van der Waals surface area contributed by atoms with Crippen molar-refractivity contribution in [1.29, 1.82) is 0 Å². The number of carbonyl (C=O) groups is 1. The second kappa shape index (κ2) is 6.06. The smallest absolute Gasteiger partial charge is 0.290 e. The van der Waals surface area contributed by atoms with Gasteiger partial charge >= 0.3 is 0 Å². The molecule has 0 unspecified atom stereocenters. The highest BCUT2D eigenvalue weighted by atomic mass is 16.3. The van der Waals surface area contributed by atoms with E-state index in [1.165, 1.54) is 11.1 Å². The lowest BCUT2D eigenvalue weighted by Crippen LogP contribution is -1.83. The number of hydrogen-bond donors (Lipinski definition) is 2. The first-order valence-electron chi connectivity index (χ1n) is 4.02. The van der Waals surface area contributed by atoms with E-state index in [-0.39, 0.29) is 6.47 Å². The first-order valence-corrected chi connectivity index (χ1v) is 4.02. The lowest BCUT2D eigenvalue weighted by Gasteiger charge is -2.01. The normalized spacial score (nSPS) is 8.46. The topological polar surface area (TPSA) is 57.5 Å². The van der Waals surface area contributed by atoms with E-state index < -0.39 is 0 Å². The monoisotopic (exact) mass is 182 g/mol. The number of aryl methyl sites for hydroxylation is 2. The molecule has 0 atom stereocenters. The van der Waals surface area contributed by atoms with E-state index in [2.05, 4.69) is 13.8 Å². The van der Waals surface area contributed by atoms with Gasteiger partial charge in [-0.15, -0.1) is 0 Å². The Hall–Kier alpha value is -1.51. The first-order chi connectivity index (χ1) is 6.15. The van der Waals surface area contributed by atoms with Gasteiger partial charge in [-0.1, -0.05) is 13.0 Å². The molecule has 0 saturated heterocycles. The van der Waals surface area contributed by atoms with E-state index >= 15 is 0 Å². The summed E-state index contributed by atoms with van der Waals surface area (Å²) in [6.07, 6.45) is 0.986. The zero-order chi connectivity index (χ0) is 10.3. The lowest BCUT2D eigenvalue weighted by molar-refractivity contribution is -0.122. The molecule has 0 fully saturated rings. The van der Waals surface area contributed by atoms with Crippen molar-refractivity contribution in [3.8, 4) is 5.75 Å². The van der Waals surface area contributed by atoms with Gasteiger partial charge in [0.15, 0.2) is 0 Å². The highest BCUT2D eigenvalue weighted by Gasteiger charge is 1.95. The van der Waals surface area contributed by atoms with Crippen LogP contribution < -0.4 is 0 Å². The summed E-state index contributed by atoms with van der Waals surface area (Å²) in [5.74, 6) is 0.363. The van der Waals surface area contributed by atoms with Crippen molar-refractivity contribution in [1.82, 2.24) is 0 Å². The van der Waals surface area contributed by atoms with E-state index in [9.17, 15) is 0 Å². The molecule has 0 heterocycles. The number of benzene rings is 1. The molecule has 0 aliphatic rings. The van der Waals surface area contributed by atoms with E-state index in [4.69, 9.17) is 15.0 Å². The molecular formula is C10H14O3. The van der Waals surface area contributed by atoms with Crippen LogP contribution in [0.25, 0.3) is 0 Å². The maximum absolute atomic E-state index is 9.07. The van der Waals surface area contributed by atoms with E-state index in [0.717, 1.165) is 6.42 Å². The summed E-state index contributed by atoms with van der Waals surface area (Å²) < 4.78 is 0. The van der Waals surface area contributed by atoms with Crippen LogP contribution in [0.5, 0.6) is 5.75 Å². The van der Waals surface area contributed by atoms with Gasteiger partial charge in [-0.2, -0.15) is 0 Å². The molecule has 0 radical (unpaired) electrons. The molecular weight excluding hydrogens is 168 g/mol. The van der Waals surface area contributed by atoms with Crippen molar-refractivity contribution in [3.63, 3.8) is 0 Å². The highest BCUT2D eigenvalue weighted by molar-refractivity contribution is 5.33. The van der Waals surface area contributed by atoms with Crippen LogP contribution in [0.2, 0.25) is 0 Å². The van der Waals surface area contributed by atoms with Crippen molar-refractivity contribution in [2.45, 2.75) is 20.3 Å². The standard InChI is InChI=1S/C9H12O.CH2O2/c1-3-8-6-9(10)5-4-7(8)2;2-1-3/h4-6,10H,3H2,1-2H3;1H,(H,2,3). The summed E-state index contributed by atoms with van der Waals surface area (Å²) in [5, 5.41) is 16.0. The number of phenolic OH excluding ortho intramolecular Hbond substituents is 1. The summed E-state index contributed by atoms with van der Waals surface area (Å²) in [4.78, 5) is 8.36. The van der Waals surface area contributed by atoms with Gasteiger partial charge in [-0.05, 0) is 36.6 Å². The lowest BCUT2D eigenvalue weighted by atomic mass is 10.1. The quantitative estimate of drug-likeness (QED) is 0.653. The Labute approximate surface area is 77.6 Å². The third-order valence-corrected chi connectivity index (χ3v) is 1.71. The second-order valence-electron chi connectivity index (χ2n) is 2.57. The van der Waals surface area contributed by atoms with E-state index in [1.54, 1.807) is 6.07 Å². The minimum absolute atomic E-state index is 0.250. The fraction of sp³-hybridized carbons (Fsp3) is 0.300. The Bertz CT molecular complexity index is 269. The predicted octanol–water partition coefficient (Wildman–Crippen LogP) is 1.96. The van der Waals surface area contributed by atoms with Crippen LogP contribution >= 0.6 is 0 Å². The molecule has 3 heteroatoms. The molecule has 0 bridgehead atoms. The fourth-order valence-electron chi connectivity index (χ4n) is 1.04. The summed E-state index contributed by atoms with van der Waals surface area (Å²) in [5.41, 5.74) is 2.47. The van der Waals surface area contributed by atoms with Crippen molar-refractivity contribution in [2.75, 3.05) is 0 Å². The van der Waals surface area contributed by atoms with Gasteiger partial charge in [0, 0.05) is 0 Å². The van der Waals surface area contributed by atoms with Gasteiger partial charge in [0.1, 0.15) is 5.75 Å². The minimum atomic E-state index is -0.250. The van der Waals surface area contributed by atoms with Crippen LogP contribution in [-0.2, 0) is 11.2 Å². The highest BCUT2D eigenvalue weighted by Crippen LogP contribution is 2.15. The van der Waals surface area contributed by atoms with Crippen molar-refractivity contribution >= 4 is 6.47 Å². The molecule has 0 amide bonds. The molecule has 13 heavy (non-hydrogen) atoms. The molecule has 0 aromatic heterocycles. The van der Waals surface area contributed by atoms with Gasteiger partial charge < -0.3 is 10.2 Å². The van der Waals surface area contributed by atoms with Crippen LogP contribution in [0.1, 0.15) is 18.1 Å². The number of hydrogen-bond acceptors (Lipinski definition) is 2. The molecule has 0 saturated carbocycles. The number of aromatic hydroxyl groups is 1. The Morgan fingerprint density at radius 1 is 1.46 bits per heavy atom. The van der Waals surface area contributed by atoms with E-state index in [1.807, 2.05) is 12.1 Å². The van der Waals surface area contributed by atoms with Crippen molar-refractivity contribution < 1.29 is 15.0 Å². The van der Waals surface area contributed by atoms with Crippen LogP contribution in [0.15, 0.2) is 18.2 Å². The molecule has 1 rings (SSSR count). The average molecular weight is 182 g/mol. The Kier molecular flexibility index (Phi) is 5.35. The third kappa shape index (κ3) is 4.15. The number of phenols is 1. The molecule has 0 aliphatic heterocycles. The summed E-state index contributed by atoms with van der Waals surface area (Å²) >= 11 is 0. The Morgan fingerprint density at radius 3 is 2.38 bits per heavy atom. The predicted molar refractivity (Wildman–Crippen MR) is 50.9 cm³/mol. The Morgan fingerprint density at radius 2 is 2.00 bits per heavy atom. The van der Waals surface area contributed by atoms with Crippen LogP contribution in [-0.4, -0.2) is 16.7 Å². The maximum Gasteiger partial charge on any atom is 0.290 e.